The molecule has 0 aromatic heterocycles. The van der Waals surface area contributed by atoms with Crippen LogP contribution in [-0.2, 0) is 32.2 Å². The predicted octanol–water partition coefficient (Wildman–Crippen LogP) is 2.50. The van der Waals surface area contributed by atoms with E-state index in [2.05, 4.69) is 0 Å². The standard InChI is InChI=1S/C23H27NO5/c1-23(2)28-18(15-27-14-17-11-7-4-8-12-17)21(29-23)19-20(25)22(26)24(19)13-16-9-5-3-6-10-16/h3-12,18-21,25H,13-15H2,1-2H3/t18-,19+,20+,21+/m0/s1. The number of carbonyl (C=O) groups excluding carboxylic acids is 1. The van der Waals surface area contributed by atoms with Crippen molar-refractivity contribution in [3.05, 3.63) is 71.8 Å². The number of benzene rings is 2. The number of likely N-dealkylation sites (tertiary alicyclic amines) is 1. The Balaban J connectivity index is 1.44. The number of β-lactam (4-membered cyclic amide) rings is 1. The lowest BCUT2D eigenvalue weighted by molar-refractivity contribution is -0.190. The Morgan fingerprint density at radius 1 is 1.00 bits per heavy atom. The molecule has 6 heteroatoms. The lowest BCUT2D eigenvalue weighted by Crippen LogP contribution is -2.70. The molecule has 2 aliphatic heterocycles. The Morgan fingerprint density at radius 2 is 1.62 bits per heavy atom. The van der Waals surface area contributed by atoms with E-state index < -0.39 is 24.0 Å². The summed E-state index contributed by atoms with van der Waals surface area (Å²) in [6.07, 6.45) is -1.92. The smallest absolute Gasteiger partial charge is 0.254 e. The fraction of sp³-hybridized carbons (Fsp3) is 0.435. The van der Waals surface area contributed by atoms with Crippen LogP contribution in [0.5, 0.6) is 0 Å². The van der Waals surface area contributed by atoms with Crippen molar-refractivity contribution < 1.29 is 24.1 Å². The molecule has 2 heterocycles. The number of nitrogens with zero attached hydrogens (tertiary/aromatic N) is 1. The zero-order valence-corrected chi connectivity index (χ0v) is 16.7. The molecule has 1 N–H and O–H groups in total. The van der Waals surface area contributed by atoms with Crippen LogP contribution < -0.4 is 0 Å². The summed E-state index contributed by atoms with van der Waals surface area (Å²) in [5.41, 5.74) is 2.08. The van der Waals surface area contributed by atoms with Gasteiger partial charge in [0.1, 0.15) is 12.2 Å². The number of carbonyl (C=O) groups is 1. The Hall–Kier alpha value is -2.25. The monoisotopic (exact) mass is 397 g/mol. The van der Waals surface area contributed by atoms with Crippen molar-refractivity contribution in [2.45, 2.75) is 57.1 Å². The van der Waals surface area contributed by atoms with E-state index in [0.717, 1.165) is 11.1 Å². The van der Waals surface area contributed by atoms with Crippen LogP contribution in [0.2, 0.25) is 0 Å². The highest BCUT2D eigenvalue weighted by atomic mass is 16.8. The Labute approximate surface area is 171 Å². The van der Waals surface area contributed by atoms with Gasteiger partial charge in [0.25, 0.3) is 5.91 Å². The summed E-state index contributed by atoms with van der Waals surface area (Å²) in [5.74, 6) is -1.08. The van der Waals surface area contributed by atoms with Crippen molar-refractivity contribution in [1.82, 2.24) is 4.90 Å². The number of aliphatic hydroxyl groups is 1. The Bertz CT molecular complexity index is 826. The second kappa shape index (κ2) is 8.24. The lowest BCUT2D eigenvalue weighted by atomic mass is 9.89. The van der Waals surface area contributed by atoms with Crippen molar-refractivity contribution in [2.75, 3.05) is 6.61 Å². The van der Waals surface area contributed by atoms with Gasteiger partial charge < -0.3 is 24.2 Å². The Kier molecular flexibility index (Phi) is 5.69. The second-order valence-electron chi connectivity index (χ2n) is 8.03. The van der Waals surface area contributed by atoms with Crippen molar-refractivity contribution in [1.29, 1.82) is 0 Å². The van der Waals surface area contributed by atoms with Crippen LogP contribution >= 0.6 is 0 Å². The number of amides is 1. The number of hydrogen-bond donors (Lipinski definition) is 1. The molecular formula is C23H27NO5. The first-order valence-corrected chi connectivity index (χ1v) is 9.94. The molecule has 2 fully saturated rings. The summed E-state index contributed by atoms with van der Waals surface area (Å²) in [5, 5.41) is 10.4. The molecule has 2 aromatic carbocycles. The van der Waals surface area contributed by atoms with E-state index in [4.69, 9.17) is 14.2 Å². The highest BCUT2D eigenvalue weighted by molar-refractivity contribution is 5.88. The zero-order valence-electron chi connectivity index (χ0n) is 16.7. The van der Waals surface area contributed by atoms with Crippen LogP contribution in [0, 0.1) is 0 Å². The van der Waals surface area contributed by atoms with E-state index in [-0.39, 0.29) is 12.0 Å². The summed E-state index contributed by atoms with van der Waals surface area (Å²) < 4.78 is 18.0. The number of rotatable bonds is 7. The predicted molar refractivity (Wildman–Crippen MR) is 107 cm³/mol. The minimum Gasteiger partial charge on any atom is -0.381 e. The SMILES string of the molecule is CC1(C)O[C@@H]([C@H]2[C@@H](O)C(=O)N2Cc2ccccc2)[C@H](COCc2ccccc2)O1. The summed E-state index contributed by atoms with van der Waals surface area (Å²) in [4.78, 5) is 14.0. The maximum absolute atomic E-state index is 12.3. The quantitative estimate of drug-likeness (QED) is 0.727. The molecule has 0 saturated carbocycles. The van der Waals surface area contributed by atoms with E-state index in [1.165, 1.54) is 0 Å². The fourth-order valence-corrected chi connectivity index (χ4v) is 4.02. The van der Waals surface area contributed by atoms with Gasteiger partial charge in [-0.15, -0.1) is 0 Å². The maximum atomic E-state index is 12.3. The second-order valence-corrected chi connectivity index (χ2v) is 8.03. The molecule has 0 unspecified atom stereocenters. The molecule has 4 rings (SSSR count). The molecule has 2 aromatic rings. The first-order chi connectivity index (χ1) is 13.9. The van der Waals surface area contributed by atoms with Crippen molar-refractivity contribution in [3.8, 4) is 0 Å². The van der Waals surface area contributed by atoms with Crippen LogP contribution in [0.1, 0.15) is 25.0 Å². The summed E-state index contributed by atoms with van der Waals surface area (Å²) in [7, 11) is 0. The van der Waals surface area contributed by atoms with Gasteiger partial charge in [0.15, 0.2) is 11.9 Å². The number of aliphatic hydroxyl groups excluding tert-OH is 1. The van der Waals surface area contributed by atoms with Gasteiger partial charge in [-0.3, -0.25) is 4.79 Å². The molecule has 0 bridgehead atoms. The van der Waals surface area contributed by atoms with Crippen molar-refractivity contribution in [2.24, 2.45) is 0 Å². The largest absolute Gasteiger partial charge is 0.381 e. The van der Waals surface area contributed by atoms with Gasteiger partial charge in [-0.25, -0.2) is 0 Å². The molecule has 0 radical (unpaired) electrons. The zero-order chi connectivity index (χ0) is 20.4. The van der Waals surface area contributed by atoms with Gasteiger partial charge in [-0.2, -0.15) is 0 Å². The van der Waals surface area contributed by atoms with Gasteiger partial charge in [0, 0.05) is 6.54 Å². The molecule has 0 aliphatic carbocycles. The molecule has 1 amide bonds. The van der Waals surface area contributed by atoms with Crippen LogP contribution in [-0.4, -0.2) is 52.7 Å². The molecule has 29 heavy (non-hydrogen) atoms. The maximum Gasteiger partial charge on any atom is 0.254 e. The van der Waals surface area contributed by atoms with Crippen molar-refractivity contribution in [3.63, 3.8) is 0 Å². The summed E-state index contributed by atoms with van der Waals surface area (Å²) in [6.45, 7) is 4.89. The molecule has 6 nitrogen and oxygen atoms in total. The topological polar surface area (TPSA) is 68.2 Å². The van der Waals surface area contributed by atoms with Crippen LogP contribution in [0.4, 0.5) is 0 Å². The van der Waals surface area contributed by atoms with Gasteiger partial charge in [0.05, 0.1) is 19.3 Å². The third-order valence-electron chi connectivity index (χ3n) is 5.37. The summed E-state index contributed by atoms with van der Waals surface area (Å²) in [6, 6.07) is 19.2. The highest BCUT2D eigenvalue weighted by Gasteiger charge is 2.57. The first kappa shape index (κ1) is 20.0. The van der Waals surface area contributed by atoms with E-state index in [1.807, 2.05) is 74.5 Å². The average Bonchev–Trinajstić information content (AvgIpc) is 3.02. The molecular weight excluding hydrogens is 370 g/mol. The van der Waals surface area contributed by atoms with E-state index in [0.29, 0.717) is 19.8 Å². The van der Waals surface area contributed by atoms with Gasteiger partial charge in [-0.05, 0) is 25.0 Å². The van der Waals surface area contributed by atoms with Gasteiger partial charge in [0.2, 0.25) is 0 Å². The molecule has 4 atom stereocenters. The van der Waals surface area contributed by atoms with Crippen molar-refractivity contribution >= 4 is 5.91 Å². The number of ether oxygens (including phenoxy) is 3. The first-order valence-electron chi connectivity index (χ1n) is 9.94. The van der Waals surface area contributed by atoms with Gasteiger partial charge in [-0.1, -0.05) is 60.7 Å². The Morgan fingerprint density at radius 3 is 2.28 bits per heavy atom. The van der Waals surface area contributed by atoms with E-state index in [1.54, 1.807) is 4.90 Å². The molecule has 2 saturated heterocycles. The van der Waals surface area contributed by atoms with Crippen LogP contribution in [0.3, 0.4) is 0 Å². The lowest BCUT2D eigenvalue weighted by Gasteiger charge is -2.47. The minimum absolute atomic E-state index is 0.281. The van der Waals surface area contributed by atoms with Crippen LogP contribution in [0.25, 0.3) is 0 Å². The summed E-state index contributed by atoms with van der Waals surface area (Å²) >= 11 is 0. The minimum atomic E-state index is -1.09. The van der Waals surface area contributed by atoms with E-state index in [9.17, 15) is 9.90 Å². The molecule has 0 spiro atoms. The number of hydrogen-bond acceptors (Lipinski definition) is 5. The normalized spacial score (nSPS) is 28.4. The average molecular weight is 397 g/mol. The third kappa shape index (κ3) is 4.36. The highest BCUT2D eigenvalue weighted by Crippen LogP contribution is 2.37. The van der Waals surface area contributed by atoms with E-state index >= 15 is 0 Å². The molecule has 154 valence electrons. The molecule has 2 aliphatic rings. The fourth-order valence-electron chi connectivity index (χ4n) is 4.02. The third-order valence-corrected chi connectivity index (χ3v) is 5.37. The van der Waals surface area contributed by atoms with Gasteiger partial charge >= 0.3 is 0 Å². The van der Waals surface area contributed by atoms with Crippen LogP contribution in [0.15, 0.2) is 60.7 Å².